The third-order valence-electron chi connectivity index (χ3n) is 2.87. The topological polar surface area (TPSA) is 21.3 Å². The Morgan fingerprint density at radius 3 is 2.76 bits per heavy atom. The first kappa shape index (κ1) is 14.2. The molecule has 0 heterocycles. The summed E-state index contributed by atoms with van der Waals surface area (Å²) >= 11 is 0. The standard InChI is InChI=1S/C15H25NO/c1-4-5-6-10-17-15(12-16-3)14-9-7-8-13(2)11-14/h7-9,11,15-16H,4-6,10,12H2,1-3H3. The van der Waals surface area contributed by atoms with Crippen molar-refractivity contribution in [3.63, 3.8) is 0 Å². The molecule has 0 radical (unpaired) electrons. The molecule has 1 unspecified atom stereocenters. The molecule has 1 rings (SSSR count). The van der Waals surface area contributed by atoms with E-state index in [1.807, 2.05) is 7.05 Å². The summed E-state index contributed by atoms with van der Waals surface area (Å²) in [6, 6.07) is 8.58. The van der Waals surface area contributed by atoms with E-state index in [2.05, 4.69) is 43.4 Å². The van der Waals surface area contributed by atoms with E-state index in [4.69, 9.17) is 4.74 Å². The Morgan fingerprint density at radius 1 is 1.29 bits per heavy atom. The minimum absolute atomic E-state index is 0.178. The van der Waals surface area contributed by atoms with Crippen LogP contribution in [0, 0.1) is 6.92 Å². The zero-order valence-corrected chi connectivity index (χ0v) is 11.3. The van der Waals surface area contributed by atoms with Gasteiger partial charge in [-0.15, -0.1) is 0 Å². The number of rotatable bonds is 8. The van der Waals surface area contributed by atoms with Crippen LogP contribution >= 0.6 is 0 Å². The number of hydrogen-bond acceptors (Lipinski definition) is 2. The highest BCUT2D eigenvalue weighted by Crippen LogP contribution is 2.18. The fourth-order valence-electron chi connectivity index (χ4n) is 1.91. The molecule has 1 N–H and O–H groups in total. The van der Waals surface area contributed by atoms with E-state index in [0.717, 1.165) is 19.6 Å². The van der Waals surface area contributed by atoms with Crippen molar-refractivity contribution in [2.75, 3.05) is 20.2 Å². The second-order valence-electron chi connectivity index (χ2n) is 4.54. The predicted octanol–water partition coefficient (Wildman–Crippen LogP) is 3.46. The fraction of sp³-hybridized carbons (Fsp3) is 0.600. The Labute approximate surface area is 105 Å². The normalized spacial score (nSPS) is 12.6. The molecule has 0 saturated heterocycles. The number of nitrogens with one attached hydrogen (secondary N) is 1. The third kappa shape index (κ3) is 5.33. The van der Waals surface area contributed by atoms with Gasteiger partial charge in [-0.1, -0.05) is 49.6 Å². The minimum Gasteiger partial charge on any atom is -0.372 e. The quantitative estimate of drug-likeness (QED) is 0.697. The van der Waals surface area contributed by atoms with Crippen molar-refractivity contribution in [1.82, 2.24) is 5.32 Å². The molecular weight excluding hydrogens is 210 g/mol. The van der Waals surface area contributed by atoms with E-state index in [-0.39, 0.29) is 6.10 Å². The van der Waals surface area contributed by atoms with Crippen LogP contribution in [0.5, 0.6) is 0 Å². The molecule has 0 bridgehead atoms. The van der Waals surface area contributed by atoms with Gasteiger partial charge in [0.25, 0.3) is 0 Å². The van der Waals surface area contributed by atoms with Gasteiger partial charge in [-0.2, -0.15) is 0 Å². The molecular formula is C15H25NO. The zero-order valence-electron chi connectivity index (χ0n) is 11.3. The highest BCUT2D eigenvalue weighted by Gasteiger charge is 2.10. The van der Waals surface area contributed by atoms with Gasteiger partial charge in [0.1, 0.15) is 0 Å². The molecule has 1 aromatic rings. The number of unbranched alkanes of at least 4 members (excludes halogenated alkanes) is 2. The summed E-state index contributed by atoms with van der Waals surface area (Å²) in [6.07, 6.45) is 3.82. The smallest absolute Gasteiger partial charge is 0.0949 e. The summed E-state index contributed by atoms with van der Waals surface area (Å²) in [7, 11) is 1.97. The maximum absolute atomic E-state index is 5.96. The van der Waals surface area contributed by atoms with Crippen LogP contribution in [0.1, 0.15) is 43.4 Å². The van der Waals surface area contributed by atoms with Gasteiger partial charge >= 0.3 is 0 Å². The van der Waals surface area contributed by atoms with Crippen LogP contribution in [0.25, 0.3) is 0 Å². The van der Waals surface area contributed by atoms with Gasteiger partial charge in [0.2, 0.25) is 0 Å². The van der Waals surface area contributed by atoms with Crippen molar-refractivity contribution < 1.29 is 4.74 Å². The number of aryl methyl sites for hydroxylation is 1. The van der Waals surface area contributed by atoms with Crippen LogP contribution in [0.4, 0.5) is 0 Å². The lowest BCUT2D eigenvalue weighted by Gasteiger charge is -2.18. The first-order valence-corrected chi connectivity index (χ1v) is 6.60. The molecule has 0 aliphatic rings. The predicted molar refractivity (Wildman–Crippen MR) is 73.3 cm³/mol. The van der Waals surface area contributed by atoms with Gasteiger partial charge in [0, 0.05) is 13.2 Å². The first-order valence-electron chi connectivity index (χ1n) is 6.60. The average molecular weight is 235 g/mol. The molecule has 17 heavy (non-hydrogen) atoms. The molecule has 2 nitrogen and oxygen atoms in total. The lowest BCUT2D eigenvalue weighted by molar-refractivity contribution is 0.0513. The minimum atomic E-state index is 0.178. The number of ether oxygens (including phenoxy) is 1. The van der Waals surface area contributed by atoms with Crippen molar-refractivity contribution in [2.45, 2.75) is 39.2 Å². The Balaban J connectivity index is 2.52. The maximum Gasteiger partial charge on any atom is 0.0949 e. The molecule has 2 heteroatoms. The van der Waals surface area contributed by atoms with Gasteiger partial charge in [0.15, 0.2) is 0 Å². The summed E-state index contributed by atoms with van der Waals surface area (Å²) in [5, 5.41) is 3.20. The summed E-state index contributed by atoms with van der Waals surface area (Å²) in [6.45, 7) is 6.06. The average Bonchev–Trinajstić information content (AvgIpc) is 2.33. The molecule has 0 fully saturated rings. The first-order chi connectivity index (χ1) is 8.27. The largest absolute Gasteiger partial charge is 0.372 e. The molecule has 0 spiro atoms. The lowest BCUT2D eigenvalue weighted by atomic mass is 10.1. The third-order valence-corrected chi connectivity index (χ3v) is 2.87. The molecule has 1 aromatic carbocycles. The summed E-state index contributed by atoms with van der Waals surface area (Å²) < 4.78 is 5.96. The van der Waals surface area contributed by atoms with Crippen molar-refractivity contribution in [3.8, 4) is 0 Å². The Morgan fingerprint density at radius 2 is 2.12 bits per heavy atom. The van der Waals surface area contributed by atoms with Crippen molar-refractivity contribution in [1.29, 1.82) is 0 Å². The number of hydrogen-bond donors (Lipinski definition) is 1. The second-order valence-corrected chi connectivity index (χ2v) is 4.54. The lowest BCUT2D eigenvalue weighted by Crippen LogP contribution is -2.20. The molecule has 1 atom stereocenters. The van der Waals surface area contributed by atoms with Gasteiger partial charge in [-0.25, -0.2) is 0 Å². The number of benzene rings is 1. The molecule has 0 saturated carbocycles. The van der Waals surface area contributed by atoms with Gasteiger partial charge in [-0.05, 0) is 26.0 Å². The van der Waals surface area contributed by atoms with Gasteiger partial charge in [0.05, 0.1) is 6.10 Å². The van der Waals surface area contributed by atoms with Crippen LogP contribution in [0.3, 0.4) is 0 Å². The summed E-state index contributed by atoms with van der Waals surface area (Å²) in [5.41, 5.74) is 2.57. The van der Waals surface area contributed by atoms with Crippen LogP contribution in [0.2, 0.25) is 0 Å². The Hall–Kier alpha value is -0.860. The van der Waals surface area contributed by atoms with Gasteiger partial charge < -0.3 is 10.1 Å². The highest BCUT2D eigenvalue weighted by atomic mass is 16.5. The molecule has 0 amide bonds. The molecule has 96 valence electrons. The van der Waals surface area contributed by atoms with Crippen LogP contribution in [0.15, 0.2) is 24.3 Å². The molecule has 0 aliphatic carbocycles. The molecule has 0 aromatic heterocycles. The Bertz CT molecular complexity index is 312. The van der Waals surface area contributed by atoms with E-state index in [1.165, 1.54) is 24.0 Å². The second kappa shape index (κ2) is 8.26. The Kier molecular flexibility index (Phi) is 6.90. The SMILES string of the molecule is CCCCCOC(CNC)c1cccc(C)c1. The highest BCUT2D eigenvalue weighted by molar-refractivity contribution is 5.24. The monoisotopic (exact) mass is 235 g/mol. The molecule has 0 aliphatic heterocycles. The van der Waals surface area contributed by atoms with E-state index < -0.39 is 0 Å². The van der Waals surface area contributed by atoms with Crippen molar-refractivity contribution >= 4 is 0 Å². The van der Waals surface area contributed by atoms with E-state index in [0.29, 0.717) is 0 Å². The summed E-state index contributed by atoms with van der Waals surface area (Å²) in [5.74, 6) is 0. The van der Waals surface area contributed by atoms with Crippen molar-refractivity contribution in [3.05, 3.63) is 35.4 Å². The van der Waals surface area contributed by atoms with E-state index >= 15 is 0 Å². The van der Waals surface area contributed by atoms with Crippen molar-refractivity contribution in [2.24, 2.45) is 0 Å². The maximum atomic E-state index is 5.96. The summed E-state index contributed by atoms with van der Waals surface area (Å²) in [4.78, 5) is 0. The van der Waals surface area contributed by atoms with Crippen LogP contribution in [-0.4, -0.2) is 20.2 Å². The number of likely N-dealkylation sites (N-methyl/N-ethyl adjacent to an activating group) is 1. The van der Waals surface area contributed by atoms with Crippen LogP contribution in [-0.2, 0) is 4.74 Å². The van der Waals surface area contributed by atoms with E-state index in [1.54, 1.807) is 0 Å². The van der Waals surface area contributed by atoms with E-state index in [9.17, 15) is 0 Å². The fourth-order valence-corrected chi connectivity index (χ4v) is 1.91. The van der Waals surface area contributed by atoms with Crippen LogP contribution < -0.4 is 5.32 Å². The van der Waals surface area contributed by atoms with Gasteiger partial charge in [-0.3, -0.25) is 0 Å². The zero-order chi connectivity index (χ0) is 12.5.